The monoisotopic (exact) mass is 168 g/mol. The highest BCUT2D eigenvalue weighted by Gasteiger charge is 2.26. The molecule has 1 saturated heterocycles. The van der Waals surface area contributed by atoms with E-state index < -0.39 is 0 Å². The minimum Gasteiger partial charge on any atom is -0.355 e. The number of rotatable bonds is 1. The van der Waals surface area contributed by atoms with Crippen LogP contribution in [-0.2, 0) is 4.79 Å². The first kappa shape index (κ1) is 6.79. The molecule has 1 aliphatic rings. The van der Waals surface area contributed by atoms with Gasteiger partial charge in [0.05, 0.1) is 17.1 Å². The highest BCUT2D eigenvalue weighted by atomic mass is 32.1. The fraction of sp³-hybridized carbons (Fsp3) is 0.429. The van der Waals surface area contributed by atoms with Crippen LogP contribution in [0.2, 0.25) is 0 Å². The second-order valence-corrected chi connectivity index (χ2v) is 3.26. The van der Waals surface area contributed by atoms with Crippen molar-refractivity contribution < 1.29 is 4.79 Å². The van der Waals surface area contributed by atoms with Gasteiger partial charge in [-0.15, -0.1) is 11.3 Å². The van der Waals surface area contributed by atoms with Crippen molar-refractivity contribution in [2.75, 3.05) is 6.54 Å². The van der Waals surface area contributed by atoms with E-state index in [9.17, 15) is 4.79 Å². The Morgan fingerprint density at radius 2 is 2.64 bits per heavy atom. The Kier molecular flexibility index (Phi) is 1.62. The number of aromatic nitrogens is 1. The van der Waals surface area contributed by atoms with Crippen LogP contribution in [0.5, 0.6) is 0 Å². The number of thiazole rings is 1. The first-order valence-corrected chi connectivity index (χ1v) is 4.48. The molecule has 0 radical (unpaired) electrons. The van der Waals surface area contributed by atoms with Crippen molar-refractivity contribution >= 4 is 17.2 Å². The molecule has 1 aromatic heterocycles. The van der Waals surface area contributed by atoms with E-state index in [1.807, 2.05) is 5.38 Å². The molecule has 0 spiro atoms. The van der Waals surface area contributed by atoms with Gasteiger partial charge < -0.3 is 5.32 Å². The summed E-state index contributed by atoms with van der Waals surface area (Å²) in [7, 11) is 0. The molecule has 1 aliphatic heterocycles. The molecule has 4 heteroatoms. The Hall–Kier alpha value is -0.900. The number of amides is 1. The van der Waals surface area contributed by atoms with Crippen molar-refractivity contribution in [1.82, 2.24) is 10.3 Å². The SMILES string of the molecule is O=C1NCCC1c1cscn1. The van der Waals surface area contributed by atoms with Gasteiger partial charge in [0.2, 0.25) is 5.91 Å². The molecule has 1 fully saturated rings. The van der Waals surface area contributed by atoms with E-state index in [2.05, 4.69) is 10.3 Å². The van der Waals surface area contributed by atoms with Crippen molar-refractivity contribution in [2.24, 2.45) is 0 Å². The Bertz CT molecular complexity index is 257. The lowest BCUT2D eigenvalue weighted by Gasteiger charge is -1.99. The third kappa shape index (κ3) is 1.14. The minimum atomic E-state index is 0.0150. The molecule has 0 saturated carbocycles. The molecule has 0 aromatic carbocycles. The van der Waals surface area contributed by atoms with Gasteiger partial charge in [-0.3, -0.25) is 4.79 Å². The molecule has 1 unspecified atom stereocenters. The van der Waals surface area contributed by atoms with Crippen LogP contribution in [0.4, 0.5) is 0 Å². The summed E-state index contributed by atoms with van der Waals surface area (Å²) in [6.07, 6.45) is 0.891. The lowest BCUT2D eigenvalue weighted by molar-refractivity contribution is -0.120. The van der Waals surface area contributed by atoms with Gasteiger partial charge in [0, 0.05) is 11.9 Å². The summed E-state index contributed by atoms with van der Waals surface area (Å²) in [5.41, 5.74) is 2.69. The molecule has 2 heterocycles. The van der Waals surface area contributed by atoms with E-state index in [-0.39, 0.29) is 11.8 Å². The molecular formula is C7H8N2OS. The van der Waals surface area contributed by atoms with Crippen LogP contribution in [0.25, 0.3) is 0 Å². The predicted octanol–water partition coefficient (Wildman–Crippen LogP) is 0.747. The molecular weight excluding hydrogens is 160 g/mol. The van der Waals surface area contributed by atoms with Crippen LogP contribution < -0.4 is 5.32 Å². The van der Waals surface area contributed by atoms with Gasteiger partial charge in [-0.1, -0.05) is 0 Å². The number of carbonyl (C=O) groups excluding carboxylic acids is 1. The maximum absolute atomic E-state index is 11.1. The van der Waals surface area contributed by atoms with E-state index in [0.717, 1.165) is 18.7 Å². The largest absolute Gasteiger partial charge is 0.355 e. The van der Waals surface area contributed by atoms with Crippen molar-refractivity contribution in [3.05, 3.63) is 16.6 Å². The highest BCUT2D eigenvalue weighted by molar-refractivity contribution is 7.07. The minimum absolute atomic E-state index is 0.0150. The summed E-state index contributed by atoms with van der Waals surface area (Å²) < 4.78 is 0. The summed E-state index contributed by atoms with van der Waals surface area (Å²) in [5, 5.41) is 4.72. The van der Waals surface area contributed by atoms with Crippen LogP contribution in [0, 0.1) is 0 Å². The normalized spacial score (nSPS) is 23.6. The van der Waals surface area contributed by atoms with Crippen molar-refractivity contribution in [3.8, 4) is 0 Å². The molecule has 2 rings (SSSR count). The predicted molar refractivity (Wildman–Crippen MR) is 42.5 cm³/mol. The molecule has 1 atom stereocenters. The van der Waals surface area contributed by atoms with E-state index in [1.165, 1.54) is 11.3 Å². The van der Waals surface area contributed by atoms with Gasteiger partial charge in [0.15, 0.2) is 0 Å². The fourth-order valence-electron chi connectivity index (χ4n) is 1.27. The second-order valence-electron chi connectivity index (χ2n) is 2.55. The highest BCUT2D eigenvalue weighted by Crippen LogP contribution is 2.22. The topological polar surface area (TPSA) is 42.0 Å². The quantitative estimate of drug-likeness (QED) is 0.672. The molecule has 0 aliphatic carbocycles. The first-order valence-electron chi connectivity index (χ1n) is 3.54. The number of nitrogens with one attached hydrogen (secondary N) is 1. The van der Waals surface area contributed by atoms with Crippen molar-refractivity contribution in [1.29, 1.82) is 0 Å². The van der Waals surface area contributed by atoms with Crippen LogP contribution in [0.15, 0.2) is 10.9 Å². The molecule has 0 bridgehead atoms. The number of nitrogens with zero attached hydrogens (tertiary/aromatic N) is 1. The van der Waals surface area contributed by atoms with E-state index in [0.29, 0.717) is 0 Å². The third-order valence-corrected chi connectivity index (χ3v) is 2.46. The molecule has 1 N–H and O–H groups in total. The molecule has 1 amide bonds. The van der Waals surface area contributed by atoms with Crippen LogP contribution >= 0.6 is 11.3 Å². The summed E-state index contributed by atoms with van der Waals surface area (Å²) in [4.78, 5) is 15.2. The summed E-state index contributed by atoms with van der Waals surface area (Å²) in [6, 6.07) is 0. The molecule has 11 heavy (non-hydrogen) atoms. The standard InChI is InChI=1S/C7H8N2OS/c10-7-5(1-2-8-7)6-3-11-4-9-6/h3-5H,1-2H2,(H,8,10). The van der Waals surface area contributed by atoms with E-state index in [1.54, 1.807) is 5.51 Å². The Balaban J connectivity index is 2.23. The lowest BCUT2D eigenvalue weighted by atomic mass is 10.1. The average Bonchev–Trinajstić information content (AvgIpc) is 2.55. The summed E-state index contributed by atoms with van der Waals surface area (Å²) in [6.45, 7) is 0.793. The maximum Gasteiger partial charge on any atom is 0.229 e. The van der Waals surface area contributed by atoms with Gasteiger partial charge in [0.1, 0.15) is 0 Å². The summed E-state index contributed by atoms with van der Waals surface area (Å²) >= 11 is 1.54. The first-order chi connectivity index (χ1) is 5.38. The Labute approximate surface area is 68.5 Å². The number of hydrogen-bond donors (Lipinski definition) is 1. The van der Waals surface area contributed by atoms with E-state index in [4.69, 9.17) is 0 Å². The zero-order valence-corrected chi connectivity index (χ0v) is 6.73. The Morgan fingerprint density at radius 1 is 1.73 bits per heavy atom. The summed E-state index contributed by atoms with van der Waals surface area (Å²) in [5.74, 6) is 0.136. The maximum atomic E-state index is 11.1. The fourth-order valence-corrected chi connectivity index (χ4v) is 1.88. The van der Waals surface area contributed by atoms with Crippen molar-refractivity contribution in [3.63, 3.8) is 0 Å². The van der Waals surface area contributed by atoms with Crippen LogP contribution in [0.1, 0.15) is 18.0 Å². The van der Waals surface area contributed by atoms with Gasteiger partial charge >= 0.3 is 0 Å². The smallest absolute Gasteiger partial charge is 0.229 e. The molecule has 58 valence electrons. The van der Waals surface area contributed by atoms with Crippen LogP contribution in [0.3, 0.4) is 0 Å². The zero-order valence-electron chi connectivity index (χ0n) is 5.91. The lowest BCUT2D eigenvalue weighted by Crippen LogP contribution is -2.17. The van der Waals surface area contributed by atoms with Crippen LogP contribution in [-0.4, -0.2) is 17.4 Å². The number of hydrogen-bond acceptors (Lipinski definition) is 3. The zero-order chi connectivity index (χ0) is 7.68. The Morgan fingerprint density at radius 3 is 3.18 bits per heavy atom. The van der Waals surface area contributed by atoms with Crippen molar-refractivity contribution in [2.45, 2.75) is 12.3 Å². The third-order valence-electron chi connectivity index (χ3n) is 1.86. The van der Waals surface area contributed by atoms with Gasteiger partial charge in [-0.05, 0) is 6.42 Å². The van der Waals surface area contributed by atoms with E-state index >= 15 is 0 Å². The molecule has 3 nitrogen and oxygen atoms in total. The second kappa shape index (κ2) is 2.62. The number of carbonyl (C=O) groups is 1. The molecule has 1 aromatic rings. The average molecular weight is 168 g/mol. The van der Waals surface area contributed by atoms with Gasteiger partial charge in [-0.2, -0.15) is 0 Å². The van der Waals surface area contributed by atoms with Gasteiger partial charge in [0.25, 0.3) is 0 Å². The van der Waals surface area contributed by atoms with Gasteiger partial charge in [-0.25, -0.2) is 4.98 Å².